The number of amides is 1. The van der Waals surface area contributed by atoms with Gasteiger partial charge in [0, 0.05) is 23.1 Å². The highest BCUT2D eigenvalue weighted by molar-refractivity contribution is 6.35. The molecule has 0 unspecified atom stereocenters. The van der Waals surface area contributed by atoms with Gasteiger partial charge in [-0.1, -0.05) is 59.5 Å². The zero-order chi connectivity index (χ0) is 23.2. The van der Waals surface area contributed by atoms with E-state index in [9.17, 15) is 4.79 Å². The summed E-state index contributed by atoms with van der Waals surface area (Å²) in [6.45, 7) is 3.33. The van der Waals surface area contributed by atoms with Crippen LogP contribution in [0.3, 0.4) is 0 Å². The summed E-state index contributed by atoms with van der Waals surface area (Å²) >= 11 is 12.5. The third-order valence-corrected chi connectivity index (χ3v) is 7.60. The van der Waals surface area contributed by atoms with E-state index in [0.29, 0.717) is 23.1 Å². The molecule has 33 heavy (non-hydrogen) atoms. The Morgan fingerprint density at radius 3 is 2.64 bits per heavy atom. The Morgan fingerprint density at radius 1 is 1.15 bits per heavy atom. The van der Waals surface area contributed by atoms with E-state index in [1.165, 1.54) is 5.57 Å². The Kier molecular flexibility index (Phi) is 5.93. The molecular formula is C25H27Cl2N5O. The minimum atomic E-state index is -0.665. The predicted octanol–water partition coefficient (Wildman–Crippen LogP) is 5.23. The lowest BCUT2D eigenvalue weighted by molar-refractivity contribution is -0.136. The average molecular weight is 484 g/mol. The van der Waals surface area contributed by atoms with Crippen LogP contribution in [0.25, 0.3) is 16.6 Å². The second-order valence-electron chi connectivity index (χ2n) is 9.17. The van der Waals surface area contributed by atoms with Crippen LogP contribution in [0.15, 0.2) is 42.5 Å². The molecule has 2 N–H and O–H groups in total. The first-order valence-electron chi connectivity index (χ1n) is 11.4. The van der Waals surface area contributed by atoms with Crippen molar-refractivity contribution in [3.8, 4) is 0 Å². The monoisotopic (exact) mass is 483 g/mol. The van der Waals surface area contributed by atoms with E-state index >= 15 is 0 Å². The van der Waals surface area contributed by atoms with Crippen molar-refractivity contribution in [1.29, 1.82) is 0 Å². The Morgan fingerprint density at radius 2 is 1.94 bits per heavy atom. The summed E-state index contributed by atoms with van der Waals surface area (Å²) in [5, 5.41) is 9.95. The molecule has 5 rings (SSSR count). The molecule has 2 heterocycles. The van der Waals surface area contributed by atoms with E-state index in [-0.39, 0.29) is 11.9 Å². The first-order valence-corrected chi connectivity index (χ1v) is 12.2. The number of hydrogen-bond acceptors (Lipinski definition) is 4. The van der Waals surface area contributed by atoms with Gasteiger partial charge in [-0.25, -0.2) is 4.68 Å². The molecule has 0 saturated heterocycles. The number of aromatic nitrogens is 3. The van der Waals surface area contributed by atoms with E-state index in [1.807, 2.05) is 34.7 Å². The predicted molar refractivity (Wildman–Crippen MR) is 132 cm³/mol. The molecule has 8 heteroatoms. The number of benzene rings is 2. The summed E-state index contributed by atoms with van der Waals surface area (Å²) < 4.78 is 1.89. The summed E-state index contributed by atoms with van der Waals surface area (Å²) in [5.74, 6) is 0.0988. The van der Waals surface area contributed by atoms with Gasteiger partial charge in [-0.2, -0.15) is 0 Å². The van der Waals surface area contributed by atoms with Gasteiger partial charge in [-0.05, 0) is 67.2 Å². The number of carbonyl (C=O) groups excluding carboxylic acids is 1. The van der Waals surface area contributed by atoms with Crippen LogP contribution in [0.2, 0.25) is 10.0 Å². The molecule has 172 valence electrons. The van der Waals surface area contributed by atoms with Crippen molar-refractivity contribution < 1.29 is 4.79 Å². The third-order valence-electron chi connectivity index (χ3n) is 7.04. The Hall–Kier alpha value is -2.41. The molecule has 6 nitrogen and oxygen atoms in total. The van der Waals surface area contributed by atoms with E-state index in [2.05, 4.69) is 28.5 Å². The fourth-order valence-corrected chi connectivity index (χ4v) is 5.61. The average Bonchev–Trinajstić information content (AvgIpc) is 3.45. The van der Waals surface area contributed by atoms with Crippen molar-refractivity contribution in [1.82, 2.24) is 19.9 Å². The summed E-state index contributed by atoms with van der Waals surface area (Å²) in [6, 6.07) is 11.6. The van der Waals surface area contributed by atoms with Crippen molar-refractivity contribution in [3.05, 3.63) is 63.6 Å². The number of fused-ring (bicyclic) bond motifs is 1. The number of carbonyl (C=O) groups is 1. The maximum atomic E-state index is 12.9. The van der Waals surface area contributed by atoms with Gasteiger partial charge in [-0.3, -0.25) is 4.79 Å². The zero-order valence-electron chi connectivity index (χ0n) is 18.6. The molecule has 1 atom stereocenters. The maximum Gasteiger partial charge on any atom is 0.242 e. The first kappa shape index (κ1) is 22.4. The van der Waals surface area contributed by atoms with Crippen molar-refractivity contribution in [2.45, 2.75) is 50.6 Å². The molecule has 3 aromatic rings. The van der Waals surface area contributed by atoms with Gasteiger partial charge < -0.3 is 10.6 Å². The topological polar surface area (TPSA) is 77.0 Å². The second kappa shape index (κ2) is 8.75. The second-order valence-corrected chi connectivity index (χ2v) is 10.0. The lowest BCUT2D eigenvalue weighted by Crippen LogP contribution is -2.54. The standard InChI is InChI=1S/C25H27Cl2N5O/c1-16(20-6-5-19(26)15-21(20)27)32-23-14-18(4-7-22(23)29-30-32)17-8-12-31(13-9-17)24(33)25(28)10-2-3-11-25/h4-8,14-16H,2-3,9-13,28H2,1H3/t16-/m1/s1. The third kappa shape index (κ3) is 4.16. The van der Waals surface area contributed by atoms with Gasteiger partial charge in [0.15, 0.2) is 0 Å². The minimum absolute atomic E-state index is 0.0988. The smallest absolute Gasteiger partial charge is 0.242 e. The SMILES string of the molecule is C[C@H](c1ccc(Cl)cc1Cl)n1nnc2ccc(C3=CCN(C(=O)C4(N)CCCC4)CC3)cc21. The number of nitrogens with two attached hydrogens (primary N) is 1. The summed E-state index contributed by atoms with van der Waals surface area (Å²) in [6.07, 6.45) is 6.61. The van der Waals surface area contributed by atoms with Crippen molar-refractivity contribution in [2.75, 3.05) is 13.1 Å². The fourth-order valence-electron chi connectivity index (χ4n) is 5.04. The van der Waals surface area contributed by atoms with Crippen LogP contribution in [0.1, 0.15) is 56.2 Å². The van der Waals surface area contributed by atoms with Crippen LogP contribution >= 0.6 is 23.2 Å². The maximum absolute atomic E-state index is 12.9. The van der Waals surface area contributed by atoms with Crippen LogP contribution < -0.4 is 5.73 Å². The molecule has 1 aliphatic heterocycles. The van der Waals surface area contributed by atoms with Gasteiger partial charge in [0.1, 0.15) is 5.52 Å². The number of halogens is 2. The normalized spacial score (nSPS) is 19.0. The summed E-state index contributed by atoms with van der Waals surface area (Å²) in [5.41, 5.74) is 10.8. The molecule has 2 aromatic carbocycles. The molecule has 0 radical (unpaired) electrons. The minimum Gasteiger partial charge on any atom is -0.337 e. The highest BCUT2D eigenvalue weighted by atomic mass is 35.5. The van der Waals surface area contributed by atoms with Crippen LogP contribution in [0, 0.1) is 0 Å². The van der Waals surface area contributed by atoms with Crippen LogP contribution in [0.5, 0.6) is 0 Å². The summed E-state index contributed by atoms with van der Waals surface area (Å²) in [4.78, 5) is 14.8. The molecule has 1 fully saturated rings. The van der Waals surface area contributed by atoms with Gasteiger partial charge >= 0.3 is 0 Å². The Bertz CT molecular complexity index is 1240. The van der Waals surface area contributed by atoms with E-state index in [0.717, 1.165) is 54.3 Å². The number of hydrogen-bond donors (Lipinski definition) is 1. The lowest BCUT2D eigenvalue weighted by Gasteiger charge is -2.33. The molecular weight excluding hydrogens is 457 g/mol. The largest absolute Gasteiger partial charge is 0.337 e. The molecule has 2 aliphatic rings. The van der Waals surface area contributed by atoms with Gasteiger partial charge in [0.25, 0.3) is 0 Å². The van der Waals surface area contributed by atoms with Crippen molar-refractivity contribution in [2.24, 2.45) is 5.73 Å². The van der Waals surface area contributed by atoms with Crippen molar-refractivity contribution >= 4 is 45.7 Å². The van der Waals surface area contributed by atoms with Crippen molar-refractivity contribution in [3.63, 3.8) is 0 Å². The first-order chi connectivity index (χ1) is 15.9. The highest BCUT2D eigenvalue weighted by Gasteiger charge is 2.40. The Balaban J connectivity index is 1.40. The molecule has 0 bridgehead atoms. The number of rotatable bonds is 4. The van der Waals surface area contributed by atoms with Crippen LogP contribution in [-0.4, -0.2) is 44.4 Å². The summed E-state index contributed by atoms with van der Waals surface area (Å²) in [7, 11) is 0. The van der Waals surface area contributed by atoms with E-state index in [1.54, 1.807) is 6.07 Å². The highest BCUT2D eigenvalue weighted by Crippen LogP contribution is 2.33. The van der Waals surface area contributed by atoms with Crippen LogP contribution in [0.4, 0.5) is 0 Å². The molecule has 0 spiro atoms. The quantitative estimate of drug-likeness (QED) is 0.550. The van der Waals surface area contributed by atoms with Gasteiger partial charge in [0.2, 0.25) is 5.91 Å². The molecule has 1 aromatic heterocycles. The molecule has 1 saturated carbocycles. The number of nitrogens with zero attached hydrogens (tertiary/aromatic N) is 4. The van der Waals surface area contributed by atoms with Gasteiger partial charge in [0.05, 0.1) is 17.1 Å². The Labute approximate surface area is 203 Å². The lowest BCUT2D eigenvalue weighted by atomic mass is 9.94. The zero-order valence-corrected chi connectivity index (χ0v) is 20.1. The molecule has 1 aliphatic carbocycles. The fraction of sp³-hybridized carbons (Fsp3) is 0.400. The van der Waals surface area contributed by atoms with Crippen LogP contribution in [-0.2, 0) is 4.79 Å². The van der Waals surface area contributed by atoms with E-state index < -0.39 is 5.54 Å². The van der Waals surface area contributed by atoms with E-state index in [4.69, 9.17) is 28.9 Å². The molecule has 1 amide bonds. The van der Waals surface area contributed by atoms with Gasteiger partial charge in [-0.15, -0.1) is 5.10 Å².